The third kappa shape index (κ3) is 4.88. The molecule has 0 amide bonds. The van der Waals surface area contributed by atoms with E-state index in [9.17, 15) is 0 Å². The average Bonchev–Trinajstić information content (AvgIpc) is 2.77. The zero-order chi connectivity index (χ0) is 20.8. The first-order valence-corrected chi connectivity index (χ1v) is 10.0. The summed E-state index contributed by atoms with van der Waals surface area (Å²) >= 11 is 0. The number of hydrogen-bond donors (Lipinski definition) is 0. The van der Waals surface area contributed by atoms with Crippen LogP contribution in [0, 0.1) is 0 Å². The molecular weight excluding hydrogens is 368 g/mol. The third-order valence-corrected chi connectivity index (χ3v) is 5.56. The first kappa shape index (κ1) is 21.1. The first-order chi connectivity index (χ1) is 14.1. The van der Waals surface area contributed by atoms with Gasteiger partial charge in [0, 0.05) is 37.9 Å². The lowest BCUT2D eigenvalue weighted by Crippen LogP contribution is -2.52. The van der Waals surface area contributed by atoms with E-state index >= 15 is 0 Å². The summed E-state index contributed by atoms with van der Waals surface area (Å²) in [4.78, 5) is 4.99. The van der Waals surface area contributed by atoms with E-state index < -0.39 is 0 Å². The van der Waals surface area contributed by atoms with Crippen molar-refractivity contribution in [2.45, 2.75) is 19.4 Å². The highest BCUT2D eigenvalue weighted by Gasteiger charge is 2.24. The minimum Gasteiger partial charge on any atom is -0.497 e. The van der Waals surface area contributed by atoms with Crippen LogP contribution in [0.25, 0.3) is 0 Å². The molecule has 0 spiro atoms. The molecule has 0 saturated carbocycles. The molecule has 0 radical (unpaired) electrons. The van der Waals surface area contributed by atoms with Gasteiger partial charge in [0.15, 0.2) is 11.5 Å². The van der Waals surface area contributed by atoms with Gasteiger partial charge in [0.05, 0.1) is 28.4 Å². The van der Waals surface area contributed by atoms with Gasteiger partial charge in [-0.05, 0) is 55.3 Å². The summed E-state index contributed by atoms with van der Waals surface area (Å²) in [5.41, 5.74) is 2.44. The van der Waals surface area contributed by atoms with Crippen molar-refractivity contribution in [2.75, 3.05) is 59.5 Å². The molecule has 1 aliphatic rings. The van der Waals surface area contributed by atoms with Crippen molar-refractivity contribution in [3.63, 3.8) is 0 Å². The predicted molar refractivity (Wildman–Crippen MR) is 116 cm³/mol. The predicted octanol–water partition coefficient (Wildman–Crippen LogP) is 3.47. The smallest absolute Gasteiger partial charge is 0.203 e. The minimum absolute atomic E-state index is 0.456. The third-order valence-electron chi connectivity index (χ3n) is 5.56. The summed E-state index contributed by atoms with van der Waals surface area (Å²) in [7, 11) is 6.64. The van der Waals surface area contributed by atoms with Crippen molar-refractivity contribution in [2.24, 2.45) is 0 Å². The molecule has 0 bridgehead atoms. The van der Waals surface area contributed by atoms with Gasteiger partial charge in [-0.3, -0.25) is 4.90 Å². The molecule has 1 fully saturated rings. The minimum atomic E-state index is 0.456. The molecule has 1 aliphatic heterocycles. The summed E-state index contributed by atoms with van der Waals surface area (Å²) in [5.74, 6) is 2.95. The fourth-order valence-corrected chi connectivity index (χ4v) is 3.96. The second-order valence-electron chi connectivity index (χ2n) is 7.32. The van der Waals surface area contributed by atoms with Crippen LogP contribution in [0.15, 0.2) is 36.4 Å². The van der Waals surface area contributed by atoms with Gasteiger partial charge >= 0.3 is 0 Å². The molecule has 3 rings (SSSR count). The monoisotopic (exact) mass is 400 g/mol. The summed E-state index contributed by atoms with van der Waals surface area (Å²) in [6.07, 6.45) is 0.936. The molecule has 0 aliphatic carbocycles. The summed E-state index contributed by atoms with van der Waals surface area (Å²) < 4.78 is 21.6. The first-order valence-electron chi connectivity index (χ1n) is 10.0. The quantitative estimate of drug-likeness (QED) is 0.676. The van der Waals surface area contributed by atoms with Gasteiger partial charge in [0.2, 0.25) is 5.75 Å². The highest BCUT2D eigenvalue weighted by molar-refractivity contribution is 5.54. The Labute approximate surface area is 173 Å². The topological polar surface area (TPSA) is 43.4 Å². The van der Waals surface area contributed by atoms with Gasteiger partial charge in [0.1, 0.15) is 5.75 Å². The molecule has 1 heterocycles. The van der Waals surface area contributed by atoms with Crippen LogP contribution in [-0.2, 0) is 6.42 Å². The molecule has 1 unspecified atom stereocenters. The standard InChI is InChI=1S/C23H32N2O4/c1-17-16-24(12-13-25(17)19-6-8-20(26-2)9-7-19)11-10-18-14-21(27-3)23(29-5)22(15-18)28-4/h6-9,14-15,17H,10-13,16H2,1-5H3. The van der Waals surface area contributed by atoms with Crippen molar-refractivity contribution in [3.05, 3.63) is 42.0 Å². The Hall–Kier alpha value is -2.60. The fraction of sp³-hybridized carbons (Fsp3) is 0.478. The van der Waals surface area contributed by atoms with E-state index in [4.69, 9.17) is 18.9 Å². The van der Waals surface area contributed by atoms with E-state index in [-0.39, 0.29) is 0 Å². The van der Waals surface area contributed by atoms with E-state index in [1.807, 2.05) is 24.3 Å². The lowest BCUT2D eigenvalue weighted by Gasteiger charge is -2.41. The fourth-order valence-electron chi connectivity index (χ4n) is 3.96. The number of hydrogen-bond acceptors (Lipinski definition) is 6. The maximum atomic E-state index is 5.47. The van der Waals surface area contributed by atoms with Crippen LogP contribution in [0.3, 0.4) is 0 Å². The average molecular weight is 401 g/mol. The van der Waals surface area contributed by atoms with E-state index in [1.165, 1.54) is 11.3 Å². The van der Waals surface area contributed by atoms with Crippen LogP contribution >= 0.6 is 0 Å². The molecule has 1 saturated heterocycles. The van der Waals surface area contributed by atoms with Crippen LogP contribution < -0.4 is 23.8 Å². The second kappa shape index (κ2) is 9.74. The summed E-state index contributed by atoms with van der Waals surface area (Å²) in [6.45, 7) is 6.38. The largest absolute Gasteiger partial charge is 0.497 e. The highest BCUT2D eigenvalue weighted by Crippen LogP contribution is 2.38. The Morgan fingerprint density at radius 1 is 0.862 bits per heavy atom. The van der Waals surface area contributed by atoms with Gasteiger partial charge < -0.3 is 23.8 Å². The number of piperazine rings is 1. The van der Waals surface area contributed by atoms with Crippen molar-refractivity contribution in [1.82, 2.24) is 4.90 Å². The van der Waals surface area contributed by atoms with E-state index in [0.29, 0.717) is 23.3 Å². The molecule has 6 heteroatoms. The van der Waals surface area contributed by atoms with Crippen LogP contribution in [0.5, 0.6) is 23.0 Å². The molecule has 29 heavy (non-hydrogen) atoms. The maximum Gasteiger partial charge on any atom is 0.203 e. The van der Waals surface area contributed by atoms with Crippen molar-refractivity contribution in [1.29, 1.82) is 0 Å². The Morgan fingerprint density at radius 2 is 1.52 bits per heavy atom. The molecule has 158 valence electrons. The molecular formula is C23H32N2O4. The number of ether oxygens (including phenoxy) is 4. The van der Waals surface area contributed by atoms with E-state index in [1.54, 1.807) is 28.4 Å². The summed E-state index contributed by atoms with van der Waals surface area (Å²) in [6, 6.07) is 12.9. The molecule has 0 aromatic heterocycles. The normalized spacial score (nSPS) is 17.1. The number of methoxy groups -OCH3 is 4. The van der Waals surface area contributed by atoms with Crippen molar-refractivity contribution in [3.8, 4) is 23.0 Å². The second-order valence-corrected chi connectivity index (χ2v) is 7.32. The Morgan fingerprint density at radius 3 is 2.03 bits per heavy atom. The van der Waals surface area contributed by atoms with E-state index in [2.05, 4.69) is 28.9 Å². The molecule has 6 nitrogen and oxygen atoms in total. The van der Waals surface area contributed by atoms with Crippen LogP contribution in [0.4, 0.5) is 5.69 Å². The highest BCUT2D eigenvalue weighted by atomic mass is 16.5. The Bertz CT molecular complexity index is 769. The van der Waals surface area contributed by atoms with Crippen molar-refractivity contribution >= 4 is 5.69 Å². The lowest BCUT2D eigenvalue weighted by atomic mass is 10.1. The number of rotatable bonds is 8. The van der Waals surface area contributed by atoms with Gasteiger partial charge in [0.25, 0.3) is 0 Å². The van der Waals surface area contributed by atoms with Crippen LogP contribution in [-0.4, -0.2) is 65.6 Å². The van der Waals surface area contributed by atoms with Gasteiger partial charge in [-0.15, -0.1) is 0 Å². The molecule has 2 aromatic rings. The van der Waals surface area contributed by atoms with Gasteiger partial charge in [-0.25, -0.2) is 0 Å². The Balaban J connectivity index is 1.60. The number of benzene rings is 2. The van der Waals surface area contributed by atoms with Gasteiger partial charge in [-0.2, -0.15) is 0 Å². The maximum absolute atomic E-state index is 5.47. The number of nitrogens with zero attached hydrogens (tertiary/aromatic N) is 2. The SMILES string of the molecule is COc1ccc(N2CCN(CCc3cc(OC)c(OC)c(OC)c3)CC2C)cc1. The molecule has 0 N–H and O–H groups in total. The van der Waals surface area contributed by atoms with Crippen LogP contribution in [0.2, 0.25) is 0 Å². The zero-order valence-corrected chi connectivity index (χ0v) is 18.1. The van der Waals surface area contributed by atoms with Crippen LogP contribution in [0.1, 0.15) is 12.5 Å². The Kier molecular flexibility index (Phi) is 7.09. The lowest BCUT2D eigenvalue weighted by molar-refractivity contribution is 0.231. The number of anilines is 1. The molecule has 1 atom stereocenters. The van der Waals surface area contributed by atoms with E-state index in [0.717, 1.165) is 38.3 Å². The summed E-state index contributed by atoms with van der Waals surface area (Å²) in [5, 5.41) is 0. The zero-order valence-electron chi connectivity index (χ0n) is 18.1. The van der Waals surface area contributed by atoms with Gasteiger partial charge in [-0.1, -0.05) is 0 Å². The molecule has 2 aromatic carbocycles. The van der Waals surface area contributed by atoms with Crippen molar-refractivity contribution < 1.29 is 18.9 Å².